The predicted molar refractivity (Wildman–Crippen MR) is 78.5 cm³/mol. The lowest BCUT2D eigenvalue weighted by Crippen LogP contribution is -2.39. The fourth-order valence-corrected chi connectivity index (χ4v) is 4.45. The number of sulfonamides is 1. The Hall–Kier alpha value is -0.980. The van der Waals surface area contributed by atoms with Gasteiger partial charge in [0.15, 0.2) is 0 Å². The Labute approximate surface area is 121 Å². The van der Waals surface area contributed by atoms with Crippen molar-refractivity contribution in [3.63, 3.8) is 0 Å². The second-order valence-corrected chi connectivity index (χ2v) is 7.19. The minimum absolute atomic E-state index is 0.141. The molecule has 0 aliphatic carbocycles. The minimum atomic E-state index is -3.45. The highest BCUT2D eigenvalue weighted by molar-refractivity contribution is 7.89. The van der Waals surface area contributed by atoms with E-state index in [1.165, 1.54) is 6.42 Å². The molecule has 0 amide bonds. The average Bonchev–Trinajstić information content (AvgIpc) is 2.48. The van der Waals surface area contributed by atoms with Crippen molar-refractivity contribution in [3.8, 4) is 0 Å². The lowest BCUT2D eigenvalue weighted by Gasteiger charge is -2.31. The van der Waals surface area contributed by atoms with Crippen molar-refractivity contribution in [1.29, 1.82) is 0 Å². The Morgan fingerprint density at radius 1 is 1.40 bits per heavy atom. The summed E-state index contributed by atoms with van der Waals surface area (Å²) in [6.07, 6.45) is 5.83. The molecule has 1 saturated heterocycles. The highest BCUT2D eigenvalue weighted by Crippen LogP contribution is 2.27. The van der Waals surface area contributed by atoms with Crippen LogP contribution in [0.1, 0.15) is 38.3 Å². The van der Waals surface area contributed by atoms with Gasteiger partial charge in [0.1, 0.15) is 4.90 Å². The molecular formula is C14H23N3O2S. The largest absolute Gasteiger partial charge is 0.325 e. The van der Waals surface area contributed by atoms with E-state index >= 15 is 0 Å². The lowest BCUT2D eigenvalue weighted by molar-refractivity contribution is 0.262. The van der Waals surface area contributed by atoms with E-state index in [9.17, 15) is 8.42 Å². The van der Waals surface area contributed by atoms with E-state index in [-0.39, 0.29) is 11.4 Å². The molecule has 1 aliphatic heterocycles. The second-order valence-electron chi connectivity index (χ2n) is 5.29. The zero-order valence-corrected chi connectivity index (χ0v) is 12.8. The van der Waals surface area contributed by atoms with Crippen molar-refractivity contribution in [1.82, 2.24) is 9.29 Å². The molecule has 2 heterocycles. The number of nitrogens with two attached hydrogens (primary N) is 1. The zero-order chi connectivity index (χ0) is 14.6. The molecule has 0 saturated carbocycles. The van der Waals surface area contributed by atoms with Crippen molar-refractivity contribution in [2.24, 2.45) is 11.7 Å². The van der Waals surface area contributed by atoms with Crippen LogP contribution in [0.25, 0.3) is 0 Å². The van der Waals surface area contributed by atoms with Gasteiger partial charge in [-0.2, -0.15) is 4.31 Å². The van der Waals surface area contributed by atoms with Gasteiger partial charge in [-0.15, -0.1) is 0 Å². The molecule has 0 spiro atoms. The first-order valence-corrected chi connectivity index (χ1v) is 8.67. The third kappa shape index (κ3) is 3.19. The molecule has 112 valence electrons. The van der Waals surface area contributed by atoms with Crippen LogP contribution in [-0.2, 0) is 16.6 Å². The van der Waals surface area contributed by atoms with Crippen molar-refractivity contribution in [2.45, 2.75) is 44.0 Å². The summed E-state index contributed by atoms with van der Waals surface area (Å²) in [5.41, 5.74) is 6.04. The van der Waals surface area contributed by atoms with Gasteiger partial charge in [0.05, 0.1) is 5.69 Å². The number of hydrogen-bond donors (Lipinski definition) is 1. The van der Waals surface area contributed by atoms with E-state index in [0.717, 1.165) is 19.3 Å². The predicted octanol–water partition coefficient (Wildman–Crippen LogP) is 1.74. The van der Waals surface area contributed by atoms with Gasteiger partial charge in [0.2, 0.25) is 10.0 Å². The van der Waals surface area contributed by atoms with Crippen molar-refractivity contribution >= 4 is 10.0 Å². The molecule has 0 aromatic carbocycles. The summed E-state index contributed by atoms with van der Waals surface area (Å²) in [6.45, 7) is 3.52. The summed E-state index contributed by atoms with van der Waals surface area (Å²) >= 11 is 0. The molecule has 1 aromatic rings. The smallest absolute Gasteiger partial charge is 0.244 e. The molecule has 1 aromatic heterocycles. The molecule has 0 unspecified atom stereocenters. The van der Waals surface area contributed by atoms with Crippen LogP contribution in [-0.4, -0.2) is 30.8 Å². The summed E-state index contributed by atoms with van der Waals surface area (Å²) in [4.78, 5) is 4.33. The third-order valence-electron chi connectivity index (χ3n) is 3.93. The molecule has 5 nitrogen and oxygen atoms in total. The Morgan fingerprint density at radius 2 is 2.10 bits per heavy atom. The molecular weight excluding hydrogens is 274 g/mol. The van der Waals surface area contributed by atoms with Gasteiger partial charge < -0.3 is 5.73 Å². The van der Waals surface area contributed by atoms with Crippen LogP contribution in [0.3, 0.4) is 0 Å². The molecule has 0 radical (unpaired) electrons. The monoisotopic (exact) mass is 297 g/mol. The number of hydrogen-bond acceptors (Lipinski definition) is 4. The van der Waals surface area contributed by atoms with Crippen LogP contribution in [0.5, 0.6) is 0 Å². The summed E-state index contributed by atoms with van der Waals surface area (Å²) in [5, 5.41) is 0. The first-order chi connectivity index (χ1) is 9.59. The number of pyridine rings is 1. The van der Waals surface area contributed by atoms with Crippen LogP contribution >= 0.6 is 0 Å². The first kappa shape index (κ1) is 15.4. The van der Waals surface area contributed by atoms with E-state index in [1.54, 1.807) is 22.6 Å². The Morgan fingerprint density at radius 3 is 2.70 bits per heavy atom. The van der Waals surface area contributed by atoms with E-state index in [1.807, 2.05) is 0 Å². The minimum Gasteiger partial charge on any atom is -0.325 e. The maximum absolute atomic E-state index is 12.7. The quantitative estimate of drug-likeness (QED) is 0.898. The fourth-order valence-electron chi connectivity index (χ4n) is 2.80. The Bertz CT molecular complexity index is 537. The standard InChI is InChI=1S/C14H23N3O2S/c1-2-4-12-6-9-17(10-7-12)20(18,19)14-5-3-8-16-13(14)11-15/h3,5,8,12H,2,4,6-7,9-11,15H2,1H3. The first-order valence-electron chi connectivity index (χ1n) is 7.23. The highest BCUT2D eigenvalue weighted by atomic mass is 32.2. The van der Waals surface area contributed by atoms with Crippen LogP contribution < -0.4 is 5.73 Å². The van der Waals surface area contributed by atoms with Crippen molar-refractivity contribution in [2.75, 3.05) is 13.1 Å². The van der Waals surface area contributed by atoms with E-state index in [4.69, 9.17) is 5.73 Å². The van der Waals surface area contributed by atoms with Gasteiger partial charge in [0.25, 0.3) is 0 Å². The number of nitrogens with zero attached hydrogens (tertiary/aromatic N) is 2. The summed E-state index contributed by atoms with van der Waals surface area (Å²) in [5.74, 6) is 0.661. The summed E-state index contributed by atoms with van der Waals surface area (Å²) < 4.78 is 26.9. The third-order valence-corrected chi connectivity index (χ3v) is 5.90. The summed E-state index contributed by atoms with van der Waals surface area (Å²) in [7, 11) is -3.45. The topological polar surface area (TPSA) is 76.3 Å². The van der Waals surface area contributed by atoms with E-state index in [2.05, 4.69) is 11.9 Å². The van der Waals surface area contributed by atoms with Crippen molar-refractivity contribution in [3.05, 3.63) is 24.0 Å². The zero-order valence-electron chi connectivity index (χ0n) is 12.0. The SMILES string of the molecule is CCCC1CCN(S(=O)(=O)c2cccnc2CN)CC1. The van der Waals surface area contributed by atoms with E-state index in [0.29, 0.717) is 24.7 Å². The van der Waals surface area contributed by atoms with Crippen LogP contribution in [0, 0.1) is 5.92 Å². The van der Waals surface area contributed by atoms with Gasteiger partial charge in [0, 0.05) is 25.8 Å². The molecule has 0 bridgehead atoms. The fraction of sp³-hybridized carbons (Fsp3) is 0.643. The van der Waals surface area contributed by atoms with E-state index < -0.39 is 10.0 Å². The molecule has 2 rings (SSSR count). The molecule has 0 atom stereocenters. The maximum atomic E-state index is 12.7. The molecule has 6 heteroatoms. The average molecular weight is 297 g/mol. The lowest BCUT2D eigenvalue weighted by atomic mass is 9.94. The number of aromatic nitrogens is 1. The molecule has 1 fully saturated rings. The molecule has 20 heavy (non-hydrogen) atoms. The number of rotatable bonds is 5. The summed E-state index contributed by atoms with van der Waals surface area (Å²) in [6, 6.07) is 3.25. The van der Waals surface area contributed by atoms with Gasteiger partial charge in [-0.05, 0) is 30.9 Å². The Balaban J connectivity index is 2.16. The van der Waals surface area contributed by atoms with Crippen molar-refractivity contribution < 1.29 is 8.42 Å². The maximum Gasteiger partial charge on any atom is 0.244 e. The Kier molecular flexibility index (Phi) is 5.12. The number of piperidine rings is 1. The van der Waals surface area contributed by atoms with Gasteiger partial charge >= 0.3 is 0 Å². The van der Waals surface area contributed by atoms with Crippen LogP contribution in [0.15, 0.2) is 23.2 Å². The molecule has 1 aliphatic rings. The second kappa shape index (κ2) is 6.65. The van der Waals surface area contributed by atoms with Gasteiger partial charge in [-0.1, -0.05) is 19.8 Å². The molecule has 2 N–H and O–H groups in total. The van der Waals surface area contributed by atoms with Gasteiger partial charge in [-0.3, -0.25) is 4.98 Å². The van der Waals surface area contributed by atoms with Crippen LogP contribution in [0.2, 0.25) is 0 Å². The van der Waals surface area contributed by atoms with Crippen LogP contribution in [0.4, 0.5) is 0 Å². The van der Waals surface area contributed by atoms with Gasteiger partial charge in [-0.25, -0.2) is 8.42 Å². The normalized spacial score (nSPS) is 18.3. The highest BCUT2D eigenvalue weighted by Gasteiger charge is 2.30.